The number of carbonyl (C=O) groups is 2. The standard InChI is InChI=1S/C31H32ClF2N7O3.C2H6/c1-4-13-36-29(35-3)23(5-2)30(43)37-25-19-41(38-28(25)24-18-21(32)11-12-26(24)44-31(33)34)20-27(42)40-16-14-39(15-17-40)22-9-7-6-8-10-22;1-2/h4-13,18-19,31,35H,1-2,14-17,20H2,3H3,(H,37,43);1-2H3/b29-23-,36-13-;. The summed E-state index contributed by atoms with van der Waals surface area (Å²) in [5, 5.41) is 10.3. The highest BCUT2D eigenvalue weighted by molar-refractivity contribution is 6.31. The van der Waals surface area contributed by atoms with E-state index >= 15 is 0 Å². The summed E-state index contributed by atoms with van der Waals surface area (Å²) in [6, 6.07) is 14.0. The lowest BCUT2D eigenvalue weighted by molar-refractivity contribution is -0.132. The van der Waals surface area contributed by atoms with Gasteiger partial charge in [-0.1, -0.05) is 69.0 Å². The normalized spacial score (nSPS) is 13.5. The van der Waals surface area contributed by atoms with Gasteiger partial charge in [0, 0.05) is 61.9 Å². The Morgan fingerprint density at radius 1 is 1.11 bits per heavy atom. The third-order valence-corrected chi connectivity index (χ3v) is 6.96. The lowest BCUT2D eigenvalue weighted by atomic mass is 10.1. The van der Waals surface area contributed by atoms with Gasteiger partial charge in [-0.3, -0.25) is 14.3 Å². The maximum absolute atomic E-state index is 13.4. The maximum Gasteiger partial charge on any atom is 0.387 e. The molecule has 10 nitrogen and oxygen atoms in total. The molecule has 0 unspecified atom stereocenters. The zero-order valence-corrected chi connectivity index (χ0v) is 26.8. The van der Waals surface area contributed by atoms with Crippen LogP contribution >= 0.6 is 11.6 Å². The van der Waals surface area contributed by atoms with Crippen LogP contribution in [0.3, 0.4) is 0 Å². The molecule has 1 aliphatic rings. The molecule has 2 heterocycles. The summed E-state index contributed by atoms with van der Waals surface area (Å²) in [4.78, 5) is 34.8. The van der Waals surface area contributed by atoms with E-state index in [0.717, 1.165) is 5.69 Å². The molecule has 0 aliphatic carbocycles. The average molecular weight is 654 g/mol. The van der Waals surface area contributed by atoms with Crippen LogP contribution in [0.25, 0.3) is 11.3 Å². The fourth-order valence-electron chi connectivity index (χ4n) is 4.65. The van der Waals surface area contributed by atoms with Gasteiger partial charge in [0.1, 0.15) is 23.8 Å². The number of benzene rings is 2. The van der Waals surface area contributed by atoms with Crippen LogP contribution in [0, 0.1) is 0 Å². The highest BCUT2D eigenvalue weighted by atomic mass is 35.5. The summed E-state index contributed by atoms with van der Waals surface area (Å²) < 4.78 is 32.6. The van der Waals surface area contributed by atoms with Crippen molar-refractivity contribution in [1.29, 1.82) is 0 Å². The number of aromatic nitrogens is 2. The number of anilines is 2. The van der Waals surface area contributed by atoms with E-state index in [2.05, 4.69) is 38.8 Å². The number of carbonyl (C=O) groups excluding carboxylic acids is 2. The molecule has 0 radical (unpaired) electrons. The number of piperazine rings is 1. The van der Waals surface area contributed by atoms with E-state index in [4.69, 9.17) is 16.3 Å². The van der Waals surface area contributed by atoms with Crippen LogP contribution in [0.4, 0.5) is 20.2 Å². The molecular formula is C33H38ClF2N7O3. The molecular weight excluding hydrogens is 616 g/mol. The number of halogens is 3. The van der Waals surface area contributed by atoms with Crippen LogP contribution < -0.4 is 20.3 Å². The van der Waals surface area contributed by atoms with Crippen molar-refractivity contribution >= 4 is 41.0 Å². The zero-order valence-electron chi connectivity index (χ0n) is 26.1. The van der Waals surface area contributed by atoms with Crippen LogP contribution in [-0.2, 0) is 16.1 Å². The van der Waals surface area contributed by atoms with E-state index in [1.807, 2.05) is 44.2 Å². The number of ether oxygens (including phenoxy) is 1. The van der Waals surface area contributed by atoms with Crippen molar-refractivity contribution in [3.8, 4) is 17.0 Å². The molecule has 2 aromatic carbocycles. The molecule has 1 saturated heterocycles. The number of alkyl halides is 2. The highest BCUT2D eigenvalue weighted by Gasteiger charge is 2.25. The Morgan fingerprint density at radius 3 is 2.41 bits per heavy atom. The van der Waals surface area contributed by atoms with Crippen LogP contribution in [-0.4, -0.2) is 72.5 Å². The Bertz CT molecular complexity index is 1570. The third-order valence-electron chi connectivity index (χ3n) is 6.72. The number of nitrogens with one attached hydrogen (secondary N) is 2. The first kappa shape index (κ1) is 35.5. The minimum Gasteiger partial charge on any atom is -0.434 e. The van der Waals surface area contributed by atoms with Gasteiger partial charge in [-0.05, 0) is 30.3 Å². The molecule has 0 atom stereocenters. The number of allylic oxidation sites excluding steroid dienone is 1. The van der Waals surface area contributed by atoms with Crippen molar-refractivity contribution in [2.45, 2.75) is 27.0 Å². The smallest absolute Gasteiger partial charge is 0.387 e. The minimum absolute atomic E-state index is 0.0715. The van der Waals surface area contributed by atoms with Crippen molar-refractivity contribution < 1.29 is 23.1 Å². The molecule has 13 heteroatoms. The first-order valence-corrected chi connectivity index (χ1v) is 15.0. The zero-order chi connectivity index (χ0) is 33.6. The van der Waals surface area contributed by atoms with Gasteiger partial charge in [-0.25, -0.2) is 4.99 Å². The van der Waals surface area contributed by atoms with Crippen molar-refractivity contribution in [2.24, 2.45) is 4.99 Å². The van der Waals surface area contributed by atoms with Gasteiger partial charge in [-0.2, -0.15) is 13.9 Å². The first-order chi connectivity index (χ1) is 22.2. The highest BCUT2D eigenvalue weighted by Crippen LogP contribution is 2.37. The average Bonchev–Trinajstić information content (AvgIpc) is 3.46. The topological polar surface area (TPSA) is 104 Å². The fraction of sp³-hybridized carbons (Fsp3) is 0.273. The molecule has 0 bridgehead atoms. The molecule has 1 aromatic heterocycles. The Labute approximate surface area is 272 Å². The van der Waals surface area contributed by atoms with Gasteiger partial charge >= 0.3 is 6.61 Å². The van der Waals surface area contributed by atoms with E-state index in [9.17, 15) is 18.4 Å². The summed E-state index contributed by atoms with van der Waals surface area (Å²) in [6.45, 7) is 10.4. The van der Waals surface area contributed by atoms with Gasteiger partial charge in [-0.15, -0.1) is 0 Å². The lowest BCUT2D eigenvalue weighted by Crippen LogP contribution is -2.49. The van der Waals surface area contributed by atoms with Crippen molar-refractivity contribution in [3.05, 3.63) is 96.5 Å². The predicted molar refractivity (Wildman–Crippen MR) is 179 cm³/mol. The van der Waals surface area contributed by atoms with E-state index in [1.54, 1.807) is 11.9 Å². The van der Waals surface area contributed by atoms with Crippen molar-refractivity contribution in [3.63, 3.8) is 0 Å². The Hall–Kier alpha value is -4.97. The molecule has 244 valence electrons. The summed E-state index contributed by atoms with van der Waals surface area (Å²) >= 11 is 6.21. The monoisotopic (exact) mass is 653 g/mol. The van der Waals surface area contributed by atoms with E-state index in [-0.39, 0.29) is 51.6 Å². The molecule has 4 rings (SSSR count). The van der Waals surface area contributed by atoms with Crippen molar-refractivity contribution in [2.75, 3.05) is 43.4 Å². The van der Waals surface area contributed by atoms with Crippen LogP contribution in [0.5, 0.6) is 5.75 Å². The number of para-hydroxylation sites is 1. The Balaban J connectivity index is 0.00000282. The molecule has 0 saturated carbocycles. The second-order valence-corrected chi connectivity index (χ2v) is 9.93. The number of hydrogen-bond donors (Lipinski definition) is 2. The molecule has 0 spiro atoms. The molecule has 3 aromatic rings. The van der Waals surface area contributed by atoms with Gasteiger partial charge in [0.25, 0.3) is 5.91 Å². The lowest BCUT2D eigenvalue weighted by Gasteiger charge is -2.36. The summed E-state index contributed by atoms with van der Waals surface area (Å²) in [5.41, 5.74) is 1.47. The predicted octanol–water partition coefficient (Wildman–Crippen LogP) is 5.99. The number of nitrogens with zero attached hydrogens (tertiary/aromatic N) is 5. The van der Waals surface area contributed by atoms with Crippen LogP contribution in [0.15, 0.2) is 96.4 Å². The second kappa shape index (κ2) is 17.5. The number of aliphatic imine (C=N–C) groups is 1. The van der Waals surface area contributed by atoms with E-state index in [0.29, 0.717) is 26.2 Å². The summed E-state index contributed by atoms with van der Waals surface area (Å²) in [7, 11) is 1.58. The summed E-state index contributed by atoms with van der Waals surface area (Å²) in [6.07, 6.45) is 5.61. The molecule has 2 N–H and O–H groups in total. The molecule has 1 fully saturated rings. The quantitative estimate of drug-likeness (QED) is 0.141. The number of amides is 2. The van der Waals surface area contributed by atoms with Gasteiger partial charge in [0.05, 0.1) is 11.3 Å². The number of rotatable bonds is 12. The first-order valence-electron chi connectivity index (χ1n) is 14.6. The van der Waals surface area contributed by atoms with Crippen LogP contribution in [0.2, 0.25) is 5.02 Å². The Kier molecular flexibility index (Phi) is 13.5. The van der Waals surface area contributed by atoms with Gasteiger partial charge in [0.15, 0.2) is 0 Å². The van der Waals surface area contributed by atoms with Gasteiger partial charge in [0.2, 0.25) is 5.91 Å². The Morgan fingerprint density at radius 2 is 1.80 bits per heavy atom. The second-order valence-electron chi connectivity index (χ2n) is 9.50. The van der Waals surface area contributed by atoms with Crippen LogP contribution in [0.1, 0.15) is 13.8 Å². The largest absolute Gasteiger partial charge is 0.434 e. The number of hydrogen-bond acceptors (Lipinski definition) is 7. The molecule has 2 amide bonds. The SMILES string of the molecule is C=C/C=N\C(NC)=C(\C=C)C(=O)Nc1cn(CC(=O)N2CCN(c3ccccc3)CC2)nc1-c1cc(Cl)ccc1OC(F)F.CC. The minimum atomic E-state index is -3.12. The third kappa shape index (κ3) is 9.27. The molecule has 46 heavy (non-hydrogen) atoms. The fourth-order valence-corrected chi connectivity index (χ4v) is 4.82. The summed E-state index contributed by atoms with van der Waals surface area (Å²) in [5.74, 6) is -0.809. The molecule has 1 aliphatic heterocycles. The van der Waals surface area contributed by atoms with Gasteiger partial charge < -0.3 is 25.2 Å². The van der Waals surface area contributed by atoms with E-state index in [1.165, 1.54) is 47.4 Å². The van der Waals surface area contributed by atoms with E-state index < -0.39 is 12.5 Å². The van der Waals surface area contributed by atoms with Crippen molar-refractivity contribution in [1.82, 2.24) is 20.0 Å². The maximum atomic E-state index is 13.4.